The molecule has 1 unspecified atom stereocenters. The molecule has 126 valence electrons. The van der Waals surface area contributed by atoms with Gasteiger partial charge in [-0.1, -0.05) is 26.0 Å². The van der Waals surface area contributed by atoms with Crippen LogP contribution in [0.15, 0.2) is 47.3 Å². The molecule has 24 heavy (non-hydrogen) atoms. The van der Waals surface area contributed by atoms with E-state index in [2.05, 4.69) is 4.98 Å². The standard InChI is InChI=1S/C19H21NO4/c1-12(2)19(21,18-10-20-11-24-18)15-6-5-13-8-16(22-3)17(23-4)9-14(13)7-15/h5-12,21H,1-4H3. The van der Waals surface area contributed by atoms with Gasteiger partial charge in [0.05, 0.1) is 20.4 Å². The second-order valence-electron chi connectivity index (χ2n) is 6.06. The Balaban J connectivity index is 2.19. The molecule has 1 N–H and O–H groups in total. The zero-order chi connectivity index (χ0) is 17.3. The summed E-state index contributed by atoms with van der Waals surface area (Å²) in [6.07, 6.45) is 2.89. The SMILES string of the molecule is COc1cc2ccc(C(O)(c3cnco3)C(C)C)cc2cc1OC. The predicted octanol–water partition coefficient (Wildman–Crippen LogP) is 3.74. The topological polar surface area (TPSA) is 64.7 Å². The number of hydrogen-bond acceptors (Lipinski definition) is 5. The summed E-state index contributed by atoms with van der Waals surface area (Å²) in [7, 11) is 3.21. The lowest BCUT2D eigenvalue weighted by Gasteiger charge is -2.30. The van der Waals surface area contributed by atoms with Crippen molar-refractivity contribution >= 4 is 10.8 Å². The number of oxazole rings is 1. The third-order valence-electron chi connectivity index (χ3n) is 4.43. The van der Waals surface area contributed by atoms with Crippen molar-refractivity contribution in [3.05, 3.63) is 54.2 Å². The van der Waals surface area contributed by atoms with Gasteiger partial charge in [0, 0.05) is 0 Å². The van der Waals surface area contributed by atoms with E-state index in [9.17, 15) is 5.11 Å². The maximum atomic E-state index is 11.3. The molecule has 0 aliphatic carbocycles. The minimum Gasteiger partial charge on any atom is -0.493 e. The Labute approximate surface area is 140 Å². The molecule has 1 heterocycles. The molecule has 1 aromatic heterocycles. The van der Waals surface area contributed by atoms with Crippen molar-refractivity contribution in [2.45, 2.75) is 19.4 Å². The smallest absolute Gasteiger partial charge is 0.181 e. The van der Waals surface area contributed by atoms with Gasteiger partial charge in [-0.2, -0.15) is 0 Å². The van der Waals surface area contributed by atoms with Crippen LogP contribution < -0.4 is 9.47 Å². The van der Waals surface area contributed by atoms with Crippen LogP contribution in [0, 0.1) is 5.92 Å². The first-order chi connectivity index (χ1) is 11.5. The van der Waals surface area contributed by atoms with Crippen molar-refractivity contribution < 1.29 is 19.0 Å². The summed E-state index contributed by atoms with van der Waals surface area (Å²) in [5.41, 5.74) is -0.508. The van der Waals surface area contributed by atoms with Crippen molar-refractivity contribution in [3.63, 3.8) is 0 Å². The summed E-state index contributed by atoms with van der Waals surface area (Å²) in [6, 6.07) is 9.62. The number of ether oxygens (including phenoxy) is 2. The number of hydrogen-bond donors (Lipinski definition) is 1. The van der Waals surface area contributed by atoms with Crippen molar-refractivity contribution in [1.29, 1.82) is 0 Å². The summed E-state index contributed by atoms with van der Waals surface area (Å²) < 4.78 is 16.1. The maximum absolute atomic E-state index is 11.3. The summed E-state index contributed by atoms with van der Waals surface area (Å²) in [5, 5.41) is 13.3. The molecule has 0 radical (unpaired) electrons. The van der Waals surface area contributed by atoms with Gasteiger partial charge in [0.2, 0.25) is 0 Å². The van der Waals surface area contributed by atoms with E-state index < -0.39 is 5.60 Å². The minimum atomic E-state index is -1.25. The molecule has 3 aromatic rings. The van der Waals surface area contributed by atoms with E-state index in [1.165, 1.54) is 6.39 Å². The summed E-state index contributed by atoms with van der Waals surface area (Å²) in [5.74, 6) is 1.65. The summed E-state index contributed by atoms with van der Waals surface area (Å²) in [6.45, 7) is 3.89. The van der Waals surface area contributed by atoms with Gasteiger partial charge in [-0.3, -0.25) is 0 Å². The van der Waals surface area contributed by atoms with E-state index in [-0.39, 0.29) is 5.92 Å². The molecule has 0 spiro atoms. The van der Waals surface area contributed by atoms with Crippen LogP contribution in [0.25, 0.3) is 10.8 Å². The zero-order valence-electron chi connectivity index (χ0n) is 14.2. The Morgan fingerprint density at radius 3 is 2.25 bits per heavy atom. The van der Waals surface area contributed by atoms with Gasteiger partial charge in [0.1, 0.15) is 0 Å². The summed E-state index contributed by atoms with van der Waals surface area (Å²) >= 11 is 0. The first kappa shape index (κ1) is 16.3. The number of rotatable bonds is 5. The average molecular weight is 327 g/mol. The maximum Gasteiger partial charge on any atom is 0.181 e. The van der Waals surface area contributed by atoms with Gasteiger partial charge in [0.25, 0.3) is 0 Å². The highest BCUT2D eigenvalue weighted by atomic mass is 16.5. The highest BCUT2D eigenvalue weighted by Crippen LogP contribution is 2.39. The van der Waals surface area contributed by atoms with Crippen molar-refractivity contribution in [2.24, 2.45) is 5.92 Å². The first-order valence-corrected chi connectivity index (χ1v) is 7.78. The molecule has 5 heteroatoms. The quantitative estimate of drug-likeness (QED) is 0.773. The molecule has 3 rings (SSSR count). The van der Waals surface area contributed by atoms with E-state index in [4.69, 9.17) is 13.9 Å². The number of methoxy groups -OCH3 is 2. The second-order valence-corrected chi connectivity index (χ2v) is 6.06. The fourth-order valence-electron chi connectivity index (χ4n) is 2.98. The normalized spacial score (nSPS) is 13.9. The fraction of sp³-hybridized carbons (Fsp3) is 0.316. The molecule has 0 fully saturated rings. The van der Waals surface area contributed by atoms with Gasteiger partial charge >= 0.3 is 0 Å². The van der Waals surface area contributed by atoms with Crippen molar-refractivity contribution in [3.8, 4) is 11.5 Å². The molecule has 0 saturated carbocycles. The third kappa shape index (κ3) is 2.51. The van der Waals surface area contributed by atoms with Crippen LogP contribution in [-0.2, 0) is 5.60 Å². The predicted molar refractivity (Wildman–Crippen MR) is 91.4 cm³/mol. The largest absolute Gasteiger partial charge is 0.493 e. The van der Waals surface area contributed by atoms with Crippen molar-refractivity contribution in [1.82, 2.24) is 4.98 Å². The van der Waals surface area contributed by atoms with Crippen molar-refractivity contribution in [2.75, 3.05) is 14.2 Å². The van der Waals surface area contributed by atoms with Crippen LogP contribution in [0.4, 0.5) is 0 Å². The Hall–Kier alpha value is -2.53. The van der Waals surface area contributed by atoms with Gasteiger partial charge in [-0.25, -0.2) is 4.98 Å². The number of benzene rings is 2. The van der Waals surface area contributed by atoms with Crippen LogP contribution in [0.5, 0.6) is 11.5 Å². The van der Waals surface area contributed by atoms with Crippen LogP contribution in [-0.4, -0.2) is 24.3 Å². The monoisotopic (exact) mass is 327 g/mol. The lowest BCUT2D eigenvalue weighted by atomic mass is 9.81. The van der Waals surface area contributed by atoms with Gasteiger partial charge in [-0.05, 0) is 40.5 Å². The van der Waals surface area contributed by atoms with Gasteiger partial charge in [-0.15, -0.1) is 0 Å². The Bertz CT molecular complexity index is 842. The molecule has 1 atom stereocenters. The Kier molecular flexibility index (Phi) is 4.20. The van der Waals surface area contributed by atoms with Crippen LogP contribution >= 0.6 is 0 Å². The van der Waals surface area contributed by atoms with E-state index in [1.807, 2.05) is 44.2 Å². The third-order valence-corrected chi connectivity index (χ3v) is 4.43. The van der Waals surface area contributed by atoms with Crippen LogP contribution in [0.1, 0.15) is 25.2 Å². The molecule has 0 saturated heterocycles. The first-order valence-electron chi connectivity index (χ1n) is 7.78. The molecular formula is C19H21NO4. The highest BCUT2D eigenvalue weighted by molar-refractivity contribution is 5.87. The van der Waals surface area contributed by atoms with E-state index in [0.29, 0.717) is 17.3 Å². The van der Waals surface area contributed by atoms with Crippen LogP contribution in [0.3, 0.4) is 0 Å². The van der Waals surface area contributed by atoms with Gasteiger partial charge in [0.15, 0.2) is 29.3 Å². The average Bonchev–Trinajstić information content (AvgIpc) is 3.14. The molecule has 0 bridgehead atoms. The summed E-state index contributed by atoms with van der Waals surface area (Å²) in [4.78, 5) is 3.95. The van der Waals surface area contributed by atoms with E-state index in [0.717, 1.165) is 16.3 Å². The zero-order valence-corrected chi connectivity index (χ0v) is 14.2. The molecule has 0 aliphatic rings. The molecular weight excluding hydrogens is 306 g/mol. The fourth-order valence-corrected chi connectivity index (χ4v) is 2.98. The number of aromatic nitrogens is 1. The van der Waals surface area contributed by atoms with E-state index in [1.54, 1.807) is 20.4 Å². The molecule has 0 amide bonds. The number of aliphatic hydroxyl groups is 1. The van der Waals surface area contributed by atoms with Crippen LogP contribution in [0.2, 0.25) is 0 Å². The Morgan fingerprint density at radius 1 is 1.04 bits per heavy atom. The lowest BCUT2D eigenvalue weighted by molar-refractivity contribution is 0.0110. The number of fused-ring (bicyclic) bond motifs is 1. The lowest BCUT2D eigenvalue weighted by Crippen LogP contribution is -2.33. The highest BCUT2D eigenvalue weighted by Gasteiger charge is 2.38. The van der Waals surface area contributed by atoms with E-state index >= 15 is 0 Å². The molecule has 2 aromatic carbocycles. The second kappa shape index (κ2) is 6.17. The van der Waals surface area contributed by atoms with Gasteiger partial charge < -0.3 is 19.0 Å². The molecule has 0 aliphatic heterocycles. The Morgan fingerprint density at radius 2 is 1.71 bits per heavy atom. The number of nitrogens with zero attached hydrogens (tertiary/aromatic N) is 1. The molecule has 5 nitrogen and oxygen atoms in total. The minimum absolute atomic E-state index is 0.0944.